The van der Waals surface area contributed by atoms with Crippen LogP contribution >= 0.6 is 0 Å². The molecular formula is C12H15F3N2O2. The lowest BCUT2D eigenvalue weighted by atomic mass is 10.2. The lowest BCUT2D eigenvalue weighted by Crippen LogP contribution is -2.24. The van der Waals surface area contributed by atoms with Crippen LogP contribution in [-0.2, 0) is 4.84 Å². The molecule has 0 aliphatic heterocycles. The standard InChI is InChI=1S/C12H15F3N2O2/c1-8(2)16-11(17-18-3)9-4-6-10(7-5-9)19-12(13,14)15/h4-8H,1-3H3,(H,16,17). The van der Waals surface area contributed by atoms with Crippen LogP contribution in [0.25, 0.3) is 0 Å². The largest absolute Gasteiger partial charge is 0.573 e. The van der Waals surface area contributed by atoms with E-state index in [2.05, 4.69) is 15.2 Å². The highest BCUT2D eigenvalue weighted by atomic mass is 19.4. The molecule has 0 fully saturated rings. The summed E-state index contributed by atoms with van der Waals surface area (Å²) in [6.07, 6.45) is -4.69. The van der Waals surface area contributed by atoms with Crippen molar-refractivity contribution in [2.24, 2.45) is 4.99 Å². The van der Waals surface area contributed by atoms with Crippen LogP contribution in [0.15, 0.2) is 29.3 Å². The van der Waals surface area contributed by atoms with Crippen LogP contribution in [0.5, 0.6) is 5.75 Å². The zero-order valence-corrected chi connectivity index (χ0v) is 10.8. The highest BCUT2D eigenvalue weighted by molar-refractivity contribution is 5.98. The van der Waals surface area contributed by atoms with Crippen molar-refractivity contribution >= 4 is 5.84 Å². The molecule has 0 amide bonds. The summed E-state index contributed by atoms with van der Waals surface area (Å²) in [6, 6.07) is 5.39. The number of hydrogen-bond acceptors (Lipinski definition) is 3. The second kappa shape index (κ2) is 6.42. The van der Waals surface area contributed by atoms with Crippen molar-refractivity contribution in [2.75, 3.05) is 7.11 Å². The second-order valence-corrected chi connectivity index (χ2v) is 3.95. The molecule has 1 rings (SSSR count). The van der Waals surface area contributed by atoms with Crippen LogP contribution in [-0.4, -0.2) is 25.3 Å². The average molecular weight is 276 g/mol. The van der Waals surface area contributed by atoms with Gasteiger partial charge in [-0.15, -0.1) is 13.2 Å². The van der Waals surface area contributed by atoms with Gasteiger partial charge in [-0.1, -0.05) is 0 Å². The molecule has 1 aromatic rings. The summed E-state index contributed by atoms with van der Waals surface area (Å²) < 4.78 is 39.8. The van der Waals surface area contributed by atoms with Gasteiger partial charge < -0.3 is 4.74 Å². The number of halogens is 3. The molecule has 7 heteroatoms. The molecule has 0 spiro atoms. The number of amidine groups is 1. The van der Waals surface area contributed by atoms with Gasteiger partial charge in [-0.25, -0.2) is 5.48 Å². The molecule has 0 aromatic heterocycles. The predicted molar refractivity (Wildman–Crippen MR) is 64.9 cm³/mol. The summed E-state index contributed by atoms with van der Waals surface area (Å²) in [5.41, 5.74) is 3.19. The van der Waals surface area contributed by atoms with E-state index in [-0.39, 0.29) is 11.8 Å². The fraction of sp³-hybridized carbons (Fsp3) is 0.417. The normalized spacial score (nSPS) is 12.7. The third kappa shape index (κ3) is 5.60. The summed E-state index contributed by atoms with van der Waals surface area (Å²) in [5, 5.41) is 0. The Balaban J connectivity index is 2.89. The van der Waals surface area contributed by atoms with Gasteiger partial charge in [-0.05, 0) is 38.1 Å². The van der Waals surface area contributed by atoms with Gasteiger partial charge in [0.1, 0.15) is 5.75 Å². The van der Waals surface area contributed by atoms with Crippen LogP contribution in [0.4, 0.5) is 13.2 Å². The molecule has 0 aliphatic carbocycles. The zero-order valence-electron chi connectivity index (χ0n) is 10.8. The third-order valence-electron chi connectivity index (χ3n) is 1.95. The van der Waals surface area contributed by atoms with E-state index >= 15 is 0 Å². The molecule has 0 atom stereocenters. The fourth-order valence-electron chi connectivity index (χ4n) is 1.33. The number of hydroxylamine groups is 1. The van der Waals surface area contributed by atoms with Gasteiger partial charge in [-0.3, -0.25) is 9.83 Å². The zero-order chi connectivity index (χ0) is 14.5. The van der Waals surface area contributed by atoms with E-state index < -0.39 is 6.36 Å². The van der Waals surface area contributed by atoms with E-state index in [1.807, 2.05) is 13.8 Å². The molecule has 4 nitrogen and oxygen atoms in total. The lowest BCUT2D eigenvalue weighted by Gasteiger charge is -2.11. The first-order chi connectivity index (χ1) is 8.81. The fourth-order valence-corrected chi connectivity index (χ4v) is 1.33. The van der Waals surface area contributed by atoms with Crippen LogP contribution in [0.2, 0.25) is 0 Å². The monoisotopic (exact) mass is 276 g/mol. The molecule has 0 aliphatic rings. The van der Waals surface area contributed by atoms with E-state index in [1.54, 1.807) is 0 Å². The molecule has 0 unspecified atom stereocenters. The van der Waals surface area contributed by atoms with Gasteiger partial charge in [0.25, 0.3) is 0 Å². The Morgan fingerprint density at radius 3 is 2.21 bits per heavy atom. The van der Waals surface area contributed by atoms with Crippen molar-refractivity contribution in [3.63, 3.8) is 0 Å². The van der Waals surface area contributed by atoms with Crippen molar-refractivity contribution in [3.05, 3.63) is 29.8 Å². The molecule has 0 heterocycles. The van der Waals surface area contributed by atoms with Crippen molar-refractivity contribution in [1.29, 1.82) is 0 Å². The number of nitrogens with one attached hydrogen (secondary N) is 1. The first-order valence-electron chi connectivity index (χ1n) is 5.55. The third-order valence-corrected chi connectivity index (χ3v) is 1.95. The molecular weight excluding hydrogens is 261 g/mol. The summed E-state index contributed by atoms with van der Waals surface area (Å²) in [6.45, 7) is 3.75. The maximum atomic E-state index is 12.0. The van der Waals surface area contributed by atoms with E-state index in [0.717, 1.165) is 0 Å². The molecule has 19 heavy (non-hydrogen) atoms. The molecule has 0 saturated carbocycles. The Morgan fingerprint density at radius 1 is 1.21 bits per heavy atom. The van der Waals surface area contributed by atoms with E-state index in [9.17, 15) is 13.2 Å². The maximum absolute atomic E-state index is 12.0. The average Bonchev–Trinajstić information content (AvgIpc) is 2.27. The van der Waals surface area contributed by atoms with E-state index in [0.29, 0.717) is 11.4 Å². The van der Waals surface area contributed by atoms with Gasteiger partial charge >= 0.3 is 6.36 Å². The number of aliphatic imine (C=N–C) groups is 1. The quantitative estimate of drug-likeness (QED) is 0.522. The van der Waals surface area contributed by atoms with Crippen molar-refractivity contribution < 1.29 is 22.7 Å². The number of hydrogen-bond donors (Lipinski definition) is 1. The van der Waals surface area contributed by atoms with Crippen LogP contribution < -0.4 is 10.2 Å². The van der Waals surface area contributed by atoms with Crippen molar-refractivity contribution in [3.8, 4) is 5.75 Å². The van der Waals surface area contributed by atoms with Gasteiger partial charge in [0.05, 0.1) is 7.11 Å². The Hall–Kier alpha value is -1.76. The highest BCUT2D eigenvalue weighted by Gasteiger charge is 2.30. The van der Waals surface area contributed by atoms with Gasteiger partial charge in [0, 0.05) is 11.6 Å². The second-order valence-electron chi connectivity index (χ2n) is 3.95. The van der Waals surface area contributed by atoms with E-state index in [1.165, 1.54) is 31.4 Å². The van der Waals surface area contributed by atoms with Gasteiger partial charge in [0.15, 0.2) is 5.84 Å². The topological polar surface area (TPSA) is 42.8 Å². The summed E-state index contributed by atoms with van der Waals surface area (Å²) in [4.78, 5) is 9.04. The van der Waals surface area contributed by atoms with Gasteiger partial charge in [0.2, 0.25) is 0 Å². The predicted octanol–water partition coefficient (Wildman–Crippen LogP) is 2.89. The Morgan fingerprint density at radius 2 is 1.79 bits per heavy atom. The Bertz CT molecular complexity index is 428. The van der Waals surface area contributed by atoms with Crippen molar-refractivity contribution in [1.82, 2.24) is 5.48 Å². The molecule has 0 radical (unpaired) electrons. The molecule has 0 saturated heterocycles. The smallest absolute Gasteiger partial charge is 0.406 e. The van der Waals surface area contributed by atoms with Crippen LogP contribution in [0.3, 0.4) is 0 Å². The molecule has 1 N–H and O–H groups in total. The summed E-state index contributed by atoms with van der Waals surface area (Å²) in [5.74, 6) is 0.161. The van der Waals surface area contributed by atoms with Crippen LogP contribution in [0.1, 0.15) is 19.4 Å². The number of rotatable bonds is 4. The van der Waals surface area contributed by atoms with E-state index in [4.69, 9.17) is 4.84 Å². The lowest BCUT2D eigenvalue weighted by molar-refractivity contribution is -0.274. The Labute approximate surface area is 109 Å². The Kier molecular flexibility index (Phi) is 5.17. The number of nitrogens with zero attached hydrogens (tertiary/aromatic N) is 1. The minimum Gasteiger partial charge on any atom is -0.406 e. The number of ether oxygens (including phenoxy) is 1. The minimum absolute atomic E-state index is 0.0174. The van der Waals surface area contributed by atoms with Crippen molar-refractivity contribution in [2.45, 2.75) is 26.3 Å². The molecule has 106 valence electrons. The molecule has 1 aromatic carbocycles. The SMILES string of the molecule is CONC(=NC(C)C)c1ccc(OC(F)(F)F)cc1. The summed E-state index contributed by atoms with van der Waals surface area (Å²) >= 11 is 0. The number of benzene rings is 1. The highest BCUT2D eigenvalue weighted by Crippen LogP contribution is 2.22. The molecule has 0 bridgehead atoms. The first kappa shape index (κ1) is 15.3. The maximum Gasteiger partial charge on any atom is 0.573 e. The van der Waals surface area contributed by atoms with Gasteiger partial charge in [-0.2, -0.15) is 0 Å². The first-order valence-corrected chi connectivity index (χ1v) is 5.55. The summed E-state index contributed by atoms with van der Waals surface area (Å²) in [7, 11) is 1.43. The minimum atomic E-state index is -4.69. The number of alkyl halides is 3. The van der Waals surface area contributed by atoms with Crippen LogP contribution in [0, 0.1) is 0 Å².